The third kappa shape index (κ3) is 1.09. The first-order valence-corrected chi connectivity index (χ1v) is 3.87. The van der Waals surface area contributed by atoms with Gasteiger partial charge >= 0.3 is 0 Å². The van der Waals surface area contributed by atoms with Crippen molar-refractivity contribution in [3.8, 4) is 0 Å². The van der Waals surface area contributed by atoms with E-state index in [9.17, 15) is 0 Å². The lowest BCUT2D eigenvalue weighted by atomic mass is 10.0. The van der Waals surface area contributed by atoms with E-state index < -0.39 is 0 Å². The third-order valence-electron chi connectivity index (χ3n) is 2.04. The van der Waals surface area contributed by atoms with E-state index in [1.165, 1.54) is 0 Å². The summed E-state index contributed by atoms with van der Waals surface area (Å²) in [6.07, 6.45) is 7.16. The lowest BCUT2D eigenvalue weighted by molar-refractivity contribution is -0.125. The second-order valence-corrected chi connectivity index (χ2v) is 2.75. The third-order valence-corrected chi connectivity index (χ3v) is 2.04. The molecule has 2 heteroatoms. The summed E-state index contributed by atoms with van der Waals surface area (Å²) in [4.78, 5) is 0. The van der Waals surface area contributed by atoms with Gasteiger partial charge in [-0.3, -0.25) is 0 Å². The molecular formula is C8H12O2. The van der Waals surface area contributed by atoms with Crippen LogP contribution in [-0.4, -0.2) is 25.4 Å². The fourth-order valence-electron chi connectivity index (χ4n) is 1.50. The molecule has 0 saturated carbocycles. The fourth-order valence-corrected chi connectivity index (χ4v) is 1.50. The van der Waals surface area contributed by atoms with Gasteiger partial charge in [0.05, 0.1) is 19.3 Å². The number of rotatable bonds is 0. The summed E-state index contributed by atoms with van der Waals surface area (Å²) >= 11 is 0. The van der Waals surface area contributed by atoms with Crippen LogP contribution in [-0.2, 0) is 9.47 Å². The van der Waals surface area contributed by atoms with E-state index in [2.05, 4.69) is 12.2 Å². The molecule has 0 N–H and O–H groups in total. The Kier molecular flexibility index (Phi) is 1.74. The van der Waals surface area contributed by atoms with Gasteiger partial charge in [-0.25, -0.2) is 0 Å². The summed E-state index contributed by atoms with van der Waals surface area (Å²) in [5.74, 6) is 0. The van der Waals surface area contributed by atoms with Crippen LogP contribution in [0.4, 0.5) is 0 Å². The van der Waals surface area contributed by atoms with E-state index in [1.54, 1.807) is 0 Å². The minimum atomic E-state index is 0.252. The minimum Gasteiger partial charge on any atom is -0.373 e. The van der Waals surface area contributed by atoms with Crippen molar-refractivity contribution in [1.82, 2.24) is 0 Å². The maximum absolute atomic E-state index is 5.51. The SMILES string of the molecule is C1=CC2OCCOC2CC1. The first-order valence-electron chi connectivity index (χ1n) is 3.87. The Balaban J connectivity index is 2.03. The predicted molar refractivity (Wildman–Crippen MR) is 37.9 cm³/mol. The summed E-state index contributed by atoms with van der Waals surface area (Å²) < 4.78 is 11.0. The predicted octanol–water partition coefficient (Wildman–Crippen LogP) is 1.12. The zero-order valence-electron chi connectivity index (χ0n) is 5.95. The van der Waals surface area contributed by atoms with Crippen LogP contribution in [0.15, 0.2) is 12.2 Å². The Bertz CT molecular complexity index is 142. The molecule has 0 aromatic rings. The van der Waals surface area contributed by atoms with Gasteiger partial charge < -0.3 is 9.47 Å². The Labute approximate surface area is 60.8 Å². The fraction of sp³-hybridized carbons (Fsp3) is 0.750. The zero-order chi connectivity index (χ0) is 6.81. The Morgan fingerprint density at radius 2 is 2.10 bits per heavy atom. The molecular weight excluding hydrogens is 128 g/mol. The standard InChI is InChI=1S/C8H12O2/c1-2-4-8-7(3-1)9-5-6-10-8/h1,3,7-8H,2,4-6H2. The lowest BCUT2D eigenvalue weighted by Crippen LogP contribution is -2.38. The highest BCUT2D eigenvalue weighted by atomic mass is 16.6. The van der Waals surface area contributed by atoms with Crippen molar-refractivity contribution in [1.29, 1.82) is 0 Å². The normalized spacial score (nSPS) is 39.2. The summed E-state index contributed by atoms with van der Waals surface area (Å²) in [6.45, 7) is 1.53. The van der Waals surface area contributed by atoms with E-state index >= 15 is 0 Å². The Morgan fingerprint density at radius 1 is 1.20 bits per heavy atom. The van der Waals surface area contributed by atoms with E-state index in [0.717, 1.165) is 26.1 Å². The molecule has 0 aromatic heterocycles. The molecule has 1 saturated heterocycles. The summed E-state index contributed by atoms with van der Waals surface area (Å²) in [7, 11) is 0. The molecule has 0 aromatic carbocycles. The number of fused-ring (bicyclic) bond motifs is 1. The van der Waals surface area contributed by atoms with Crippen molar-refractivity contribution >= 4 is 0 Å². The number of ether oxygens (including phenoxy) is 2. The number of hydrogen-bond acceptors (Lipinski definition) is 2. The van der Waals surface area contributed by atoms with Crippen molar-refractivity contribution in [2.24, 2.45) is 0 Å². The van der Waals surface area contributed by atoms with Gasteiger partial charge in [0.2, 0.25) is 0 Å². The van der Waals surface area contributed by atoms with Gasteiger partial charge in [0, 0.05) is 0 Å². The molecule has 56 valence electrons. The smallest absolute Gasteiger partial charge is 0.102 e. The second kappa shape index (κ2) is 2.72. The van der Waals surface area contributed by atoms with E-state index in [0.29, 0.717) is 6.10 Å². The molecule has 1 fully saturated rings. The number of hydrogen-bond donors (Lipinski definition) is 0. The molecule has 2 unspecified atom stereocenters. The highest BCUT2D eigenvalue weighted by molar-refractivity contribution is 5.00. The van der Waals surface area contributed by atoms with Crippen LogP contribution < -0.4 is 0 Å². The van der Waals surface area contributed by atoms with E-state index in [1.807, 2.05) is 0 Å². The van der Waals surface area contributed by atoms with Crippen molar-refractivity contribution in [2.45, 2.75) is 25.0 Å². The maximum Gasteiger partial charge on any atom is 0.102 e. The van der Waals surface area contributed by atoms with Crippen LogP contribution in [0, 0.1) is 0 Å². The van der Waals surface area contributed by atoms with Gasteiger partial charge in [-0.1, -0.05) is 12.2 Å². The van der Waals surface area contributed by atoms with Crippen LogP contribution in [0.25, 0.3) is 0 Å². The molecule has 1 heterocycles. The summed E-state index contributed by atoms with van der Waals surface area (Å²) in [5.41, 5.74) is 0. The van der Waals surface area contributed by atoms with Gasteiger partial charge in [-0.15, -0.1) is 0 Å². The summed E-state index contributed by atoms with van der Waals surface area (Å²) in [5, 5.41) is 0. The van der Waals surface area contributed by atoms with Gasteiger partial charge in [0.25, 0.3) is 0 Å². The highest BCUT2D eigenvalue weighted by Crippen LogP contribution is 2.20. The molecule has 2 aliphatic rings. The van der Waals surface area contributed by atoms with Crippen LogP contribution in [0.3, 0.4) is 0 Å². The molecule has 0 radical (unpaired) electrons. The topological polar surface area (TPSA) is 18.5 Å². The molecule has 2 nitrogen and oxygen atoms in total. The van der Waals surface area contributed by atoms with Crippen molar-refractivity contribution < 1.29 is 9.47 Å². The molecule has 1 aliphatic carbocycles. The van der Waals surface area contributed by atoms with Gasteiger partial charge in [0.1, 0.15) is 6.10 Å². The van der Waals surface area contributed by atoms with E-state index in [-0.39, 0.29) is 6.10 Å². The minimum absolute atomic E-state index is 0.252. The van der Waals surface area contributed by atoms with Crippen molar-refractivity contribution in [2.75, 3.05) is 13.2 Å². The van der Waals surface area contributed by atoms with Crippen LogP contribution >= 0.6 is 0 Å². The van der Waals surface area contributed by atoms with Crippen molar-refractivity contribution in [3.63, 3.8) is 0 Å². The average molecular weight is 140 g/mol. The van der Waals surface area contributed by atoms with Gasteiger partial charge in [-0.2, -0.15) is 0 Å². The first kappa shape index (κ1) is 6.38. The van der Waals surface area contributed by atoms with Crippen LogP contribution in [0.2, 0.25) is 0 Å². The molecule has 0 spiro atoms. The quantitative estimate of drug-likeness (QED) is 0.469. The lowest BCUT2D eigenvalue weighted by Gasteiger charge is -2.31. The number of allylic oxidation sites excluding steroid dienone is 1. The second-order valence-electron chi connectivity index (χ2n) is 2.75. The average Bonchev–Trinajstić information content (AvgIpc) is 2.05. The first-order chi connectivity index (χ1) is 4.97. The maximum atomic E-state index is 5.51. The van der Waals surface area contributed by atoms with E-state index in [4.69, 9.17) is 9.47 Å². The van der Waals surface area contributed by atoms with Gasteiger partial charge in [0.15, 0.2) is 0 Å². The van der Waals surface area contributed by atoms with Crippen LogP contribution in [0.1, 0.15) is 12.8 Å². The van der Waals surface area contributed by atoms with Crippen LogP contribution in [0.5, 0.6) is 0 Å². The Morgan fingerprint density at radius 3 is 3.00 bits per heavy atom. The van der Waals surface area contributed by atoms with Crippen molar-refractivity contribution in [3.05, 3.63) is 12.2 Å². The molecule has 2 atom stereocenters. The monoisotopic (exact) mass is 140 g/mol. The van der Waals surface area contributed by atoms with Gasteiger partial charge in [-0.05, 0) is 12.8 Å². The highest BCUT2D eigenvalue weighted by Gasteiger charge is 2.25. The molecule has 2 rings (SSSR count). The molecule has 0 bridgehead atoms. The summed E-state index contributed by atoms with van der Waals surface area (Å²) in [6, 6.07) is 0. The molecule has 0 amide bonds. The largest absolute Gasteiger partial charge is 0.373 e. The Hall–Kier alpha value is -0.340. The molecule has 10 heavy (non-hydrogen) atoms. The zero-order valence-corrected chi connectivity index (χ0v) is 5.95. The molecule has 1 aliphatic heterocycles.